The van der Waals surface area contributed by atoms with Gasteiger partial charge in [0.2, 0.25) is 0 Å². The molecule has 0 aliphatic heterocycles. The van der Waals surface area contributed by atoms with Gasteiger partial charge in [0, 0.05) is 6.42 Å². The van der Waals surface area contributed by atoms with Crippen molar-refractivity contribution in [3.63, 3.8) is 0 Å². The monoisotopic (exact) mass is 404 g/mol. The van der Waals surface area contributed by atoms with Crippen LogP contribution in [0.4, 0.5) is 0 Å². The molecule has 1 aromatic rings. The first-order valence-electron chi connectivity index (χ1n) is 12.0. The summed E-state index contributed by atoms with van der Waals surface area (Å²) in [6.45, 7) is 10.9. The molecular formula is C26H44O3. The summed E-state index contributed by atoms with van der Waals surface area (Å²) in [6, 6.07) is 0. The molecule has 0 heterocycles. The first-order chi connectivity index (χ1) is 13.9. The average Bonchev–Trinajstić information content (AvgIpc) is 2.69. The molecule has 1 atom stereocenters. The van der Waals surface area contributed by atoms with E-state index >= 15 is 0 Å². The van der Waals surface area contributed by atoms with E-state index in [1.54, 1.807) is 0 Å². The zero-order chi connectivity index (χ0) is 21.8. The zero-order valence-electron chi connectivity index (χ0n) is 19.6. The molecule has 0 spiro atoms. The molecule has 2 N–H and O–H groups in total. The van der Waals surface area contributed by atoms with Gasteiger partial charge >= 0.3 is 5.97 Å². The van der Waals surface area contributed by atoms with Gasteiger partial charge in [0.25, 0.3) is 0 Å². The van der Waals surface area contributed by atoms with Crippen molar-refractivity contribution in [3.8, 4) is 5.75 Å². The lowest BCUT2D eigenvalue weighted by molar-refractivity contribution is -0.136. The number of aliphatic carboxylic acids is 1. The highest BCUT2D eigenvalue weighted by atomic mass is 16.4. The Labute approximate surface area is 178 Å². The first-order valence-corrected chi connectivity index (χ1v) is 12.0. The Hall–Kier alpha value is -1.51. The molecule has 0 aliphatic carbocycles. The minimum absolute atomic E-state index is 0.158. The second-order valence-corrected chi connectivity index (χ2v) is 8.55. The molecule has 166 valence electrons. The number of carbonyl (C=O) groups is 1. The number of phenolic OH excluding ortho intramolecular Hbond substituents is 1. The van der Waals surface area contributed by atoms with E-state index in [0.717, 1.165) is 80.9 Å². The van der Waals surface area contributed by atoms with E-state index in [9.17, 15) is 15.0 Å². The van der Waals surface area contributed by atoms with Crippen LogP contribution in [0.2, 0.25) is 0 Å². The molecule has 1 aromatic carbocycles. The third-order valence-electron chi connectivity index (χ3n) is 6.23. The number of unbranched alkanes of at least 4 members (excludes halogenated alkanes) is 3. The minimum Gasteiger partial charge on any atom is -0.507 e. The number of phenols is 1. The van der Waals surface area contributed by atoms with Crippen LogP contribution in [0.3, 0.4) is 0 Å². The molecular weight excluding hydrogens is 360 g/mol. The van der Waals surface area contributed by atoms with E-state index in [4.69, 9.17) is 0 Å². The highest BCUT2D eigenvalue weighted by molar-refractivity contribution is 5.68. The normalized spacial score (nSPS) is 12.3. The highest BCUT2D eigenvalue weighted by Crippen LogP contribution is 2.42. The zero-order valence-corrected chi connectivity index (χ0v) is 19.6. The van der Waals surface area contributed by atoms with Crippen molar-refractivity contribution in [2.24, 2.45) is 0 Å². The largest absolute Gasteiger partial charge is 0.507 e. The van der Waals surface area contributed by atoms with Gasteiger partial charge in [-0.2, -0.15) is 0 Å². The van der Waals surface area contributed by atoms with E-state index in [2.05, 4.69) is 34.6 Å². The maximum Gasteiger partial charge on any atom is 0.303 e. The summed E-state index contributed by atoms with van der Waals surface area (Å²) in [4.78, 5) is 11.4. The smallest absolute Gasteiger partial charge is 0.303 e. The molecule has 0 radical (unpaired) electrons. The number of benzene rings is 1. The van der Waals surface area contributed by atoms with Crippen LogP contribution >= 0.6 is 0 Å². The van der Waals surface area contributed by atoms with Crippen LogP contribution in [-0.4, -0.2) is 16.2 Å². The van der Waals surface area contributed by atoms with Crippen molar-refractivity contribution in [2.75, 3.05) is 0 Å². The molecule has 0 aromatic heterocycles. The minimum atomic E-state index is -0.741. The second kappa shape index (κ2) is 13.7. The van der Waals surface area contributed by atoms with Crippen molar-refractivity contribution >= 4 is 5.97 Å². The molecule has 3 heteroatoms. The molecule has 0 amide bonds. The fraction of sp³-hybridized carbons (Fsp3) is 0.731. The maximum atomic E-state index is 11.4. The summed E-state index contributed by atoms with van der Waals surface area (Å²) in [5.41, 5.74) is 5.85. The number of rotatable bonds is 15. The summed E-state index contributed by atoms with van der Waals surface area (Å²) in [6.07, 6.45) is 12.5. The van der Waals surface area contributed by atoms with E-state index in [1.807, 2.05) is 0 Å². The lowest BCUT2D eigenvalue weighted by atomic mass is 9.77. The van der Waals surface area contributed by atoms with Gasteiger partial charge in [-0.1, -0.05) is 59.8 Å². The van der Waals surface area contributed by atoms with Crippen LogP contribution in [-0.2, 0) is 24.1 Å². The molecule has 0 fully saturated rings. The summed E-state index contributed by atoms with van der Waals surface area (Å²) in [5.74, 6) is 0.186. The second-order valence-electron chi connectivity index (χ2n) is 8.55. The van der Waals surface area contributed by atoms with Gasteiger partial charge in [0.1, 0.15) is 5.75 Å². The first kappa shape index (κ1) is 25.5. The Morgan fingerprint density at radius 2 is 1.38 bits per heavy atom. The Bertz CT molecular complexity index is 634. The van der Waals surface area contributed by atoms with Gasteiger partial charge < -0.3 is 10.2 Å². The van der Waals surface area contributed by atoms with Crippen LogP contribution in [0.25, 0.3) is 0 Å². The van der Waals surface area contributed by atoms with Crippen LogP contribution in [0.1, 0.15) is 126 Å². The van der Waals surface area contributed by atoms with Crippen LogP contribution in [0.15, 0.2) is 0 Å². The summed E-state index contributed by atoms with van der Waals surface area (Å²) in [5, 5.41) is 20.7. The average molecular weight is 405 g/mol. The Morgan fingerprint density at radius 1 is 0.793 bits per heavy atom. The fourth-order valence-corrected chi connectivity index (χ4v) is 4.60. The lowest BCUT2D eigenvalue weighted by Crippen LogP contribution is -2.14. The summed E-state index contributed by atoms with van der Waals surface area (Å²) in [7, 11) is 0. The molecule has 3 nitrogen and oxygen atoms in total. The predicted molar refractivity (Wildman–Crippen MR) is 123 cm³/mol. The highest BCUT2D eigenvalue weighted by Gasteiger charge is 2.26. The van der Waals surface area contributed by atoms with E-state index in [0.29, 0.717) is 18.1 Å². The maximum absolute atomic E-state index is 11.4. The van der Waals surface area contributed by atoms with Crippen LogP contribution < -0.4 is 0 Å². The third-order valence-corrected chi connectivity index (χ3v) is 6.23. The molecule has 29 heavy (non-hydrogen) atoms. The number of hydrogen-bond donors (Lipinski definition) is 2. The van der Waals surface area contributed by atoms with Gasteiger partial charge in [0.15, 0.2) is 0 Å². The van der Waals surface area contributed by atoms with Crippen LogP contribution in [0, 0.1) is 6.92 Å². The Kier molecular flexibility index (Phi) is 12.0. The predicted octanol–water partition coefficient (Wildman–Crippen LogP) is 7.48. The van der Waals surface area contributed by atoms with Gasteiger partial charge in [-0.05, 0) is 85.6 Å². The quantitative estimate of drug-likeness (QED) is 0.318. The van der Waals surface area contributed by atoms with Gasteiger partial charge in [-0.15, -0.1) is 0 Å². The number of hydrogen-bond acceptors (Lipinski definition) is 2. The topological polar surface area (TPSA) is 57.5 Å². The SMILES string of the molecule is CCCCc1c(C)c(CCC(=O)O)c(C(CCC)CCCC)c(CCCC)c1O. The Morgan fingerprint density at radius 3 is 1.90 bits per heavy atom. The van der Waals surface area contributed by atoms with Gasteiger partial charge in [0.05, 0.1) is 0 Å². The Balaban J connectivity index is 3.67. The number of carboxylic acids is 1. The summed E-state index contributed by atoms with van der Waals surface area (Å²) < 4.78 is 0. The van der Waals surface area contributed by atoms with Crippen molar-refractivity contribution in [3.05, 3.63) is 27.8 Å². The standard InChI is InChI=1S/C26H44O3/c1-6-10-14-20(13-9-4)25-21(17-18-24(27)28)19(5)22(15-11-7-2)26(29)23(25)16-12-8-3/h20,29H,6-18H2,1-5H3,(H,27,28). The van der Waals surface area contributed by atoms with Gasteiger partial charge in [-0.25, -0.2) is 0 Å². The lowest BCUT2D eigenvalue weighted by Gasteiger charge is -2.28. The molecule has 0 bridgehead atoms. The van der Waals surface area contributed by atoms with Gasteiger partial charge in [-0.3, -0.25) is 4.79 Å². The number of aromatic hydroxyl groups is 1. The van der Waals surface area contributed by atoms with Crippen molar-refractivity contribution in [1.82, 2.24) is 0 Å². The fourth-order valence-electron chi connectivity index (χ4n) is 4.60. The van der Waals surface area contributed by atoms with Crippen molar-refractivity contribution < 1.29 is 15.0 Å². The van der Waals surface area contributed by atoms with Crippen molar-refractivity contribution in [2.45, 2.75) is 124 Å². The van der Waals surface area contributed by atoms with Crippen LogP contribution in [0.5, 0.6) is 5.75 Å². The van der Waals surface area contributed by atoms with Crippen molar-refractivity contribution in [1.29, 1.82) is 0 Å². The number of carboxylic acid groups (broad SMARTS) is 1. The summed E-state index contributed by atoms with van der Waals surface area (Å²) >= 11 is 0. The van der Waals surface area contributed by atoms with E-state index in [-0.39, 0.29) is 6.42 Å². The van der Waals surface area contributed by atoms with E-state index < -0.39 is 5.97 Å². The molecule has 0 saturated carbocycles. The molecule has 0 aliphatic rings. The molecule has 0 saturated heterocycles. The molecule has 1 rings (SSSR count). The third kappa shape index (κ3) is 7.35. The van der Waals surface area contributed by atoms with E-state index in [1.165, 1.54) is 17.5 Å². The molecule has 1 unspecified atom stereocenters.